The van der Waals surface area contributed by atoms with Crippen LogP contribution in [0.2, 0.25) is 0 Å². The Labute approximate surface area is 211 Å². The fraction of sp³-hybridized carbons (Fsp3) is 0.240. The van der Waals surface area contributed by atoms with Gasteiger partial charge in [-0.05, 0) is 41.8 Å². The molecule has 1 unspecified atom stereocenters. The van der Waals surface area contributed by atoms with Crippen molar-refractivity contribution in [2.75, 3.05) is 22.3 Å². The maximum Gasteiger partial charge on any atom is 0.325 e. The van der Waals surface area contributed by atoms with Crippen LogP contribution >= 0.6 is 0 Å². The lowest BCUT2D eigenvalue weighted by molar-refractivity contribution is -0.133. The molecule has 1 atom stereocenters. The summed E-state index contributed by atoms with van der Waals surface area (Å²) in [4.78, 5) is 39.2. The summed E-state index contributed by atoms with van der Waals surface area (Å²) < 4.78 is 54.4. The third-order valence-corrected chi connectivity index (χ3v) is 7.45. The highest BCUT2D eigenvalue weighted by molar-refractivity contribution is 7.92. The smallest absolute Gasteiger partial charge is 0.322 e. The molecule has 1 saturated heterocycles. The molecule has 0 aromatic heterocycles. The lowest BCUT2D eigenvalue weighted by Crippen LogP contribution is -2.42. The van der Waals surface area contributed by atoms with Gasteiger partial charge in [-0.3, -0.25) is 19.2 Å². The van der Waals surface area contributed by atoms with Gasteiger partial charge in [0.15, 0.2) is 0 Å². The summed E-state index contributed by atoms with van der Waals surface area (Å²) in [5.41, 5.74) is -2.00. The highest BCUT2D eigenvalue weighted by Crippen LogP contribution is 2.31. The number of imide groups is 1. The number of carbonyl (C=O) groups excluding carboxylic acids is 3. The van der Waals surface area contributed by atoms with Crippen molar-refractivity contribution < 1.29 is 31.6 Å². The van der Waals surface area contributed by atoms with E-state index in [1.165, 1.54) is 6.92 Å². The number of nitrogens with zero attached hydrogens (tertiary/aromatic N) is 1. The van der Waals surface area contributed by atoms with Gasteiger partial charge in [0.05, 0.1) is 17.1 Å². The minimum absolute atomic E-state index is 0.270. The molecular weight excluding hydrogens is 506 g/mol. The maximum absolute atomic E-state index is 14.3. The van der Waals surface area contributed by atoms with Crippen molar-refractivity contribution in [2.24, 2.45) is 0 Å². The van der Waals surface area contributed by atoms with Gasteiger partial charge in [0.2, 0.25) is 15.9 Å². The molecule has 0 bridgehead atoms. The van der Waals surface area contributed by atoms with Crippen LogP contribution in [-0.4, -0.2) is 43.5 Å². The lowest BCUT2D eigenvalue weighted by atomic mass is 9.90. The number of hydrogen-bond donors (Lipinski definition) is 3. The Kier molecular flexibility index (Phi) is 6.87. The molecule has 0 spiro atoms. The van der Waals surface area contributed by atoms with Crippen LogP contribution in [0.15, 0.2) is 54.6 Å². The fourth-order valence-corrected chi connectivity index (χ4v) is 5.21. The summed E-state index contributed by atoms with van der Waals surface area (Å²) in [6, 6.07) is 13.2. The van der Waals surface area contributed by atoms with Gasteiger partial charge in [0, 0.05) is 6.07 Å². The molecule has 0 radical (unpaired) electrons. The van der Waals surface area contributed by atoms with Gasteiger partial charge in [-0.25, -0.2) is 22.0 Å². The molecule has 0 saturated carbocycles. The van der Waals surface area contributed by atoms with Crippen molar-refractivity contribution in [2.45, 2.75) is 25.8 Å². The second kappa shape index (κ2) is 9.77. The van der Waals surface area contributed by atoms with Gasteiger partial charge < -0.3 is 10.6 Å². The third kappa shape index (κ3) is 5.24. The van der Waals surface area contributed by atoms with Crippen molar-refractivity contribution in [1.29, 1.82) is 0 Å². The topological polar surface area (TPSA) is 125 Å². The number of sulfonamides is 1. The van der Waals surface area contributed by atoms with E-state index in [2.05, 4.69) is 10.6 Å². The third-order valence-electron chi connectivity index (χ3n) is 5.97. The first-order valence-electron chi connectivity index (χ1n) is 11.4. The molecular formula is C25H24F2N4O5S. The largest absolute Gasteiger partial charge is 0.325 e. The zero-order valence-electron chi connectivity index (χ0n) is 20.0. The number of nitrogens with one attached hydrogen (secondary N) is 3. The fourth-order valence-electron chi connectivity index (χ4n) is 4.08. The monoisotopic (exact) mass is 530 g/mol. The Balaban J connectivity index is 1.52. The summed E-state index contributed by atoms with van der Waals surface area (Å²) in [5, 5.41) is 6.57. The van der Waals surface area contributed by atoms with Crippen LogP contribution in [0, 0.1) is 11.6 Å². The summed E-state index contributed by atoms with van der Waals surface area (Å²) in [7, 11) is -3.88. The van der Waals surface area contributed by atoms with E-state index in [-0.39, 0.29) is 12.2 Å². The van der Waals surface area contributed by atoms with Crippen molar-refractivity contribution in [3.8, 4) is 0 Å². The van der Waals surface area contributed by atoms with Gasteiger partial charge in [0.1, 0.15) is 23.7 Å². The van der Waals surface area contributed by atoms with Crippen LogP contribution in [0.4, 0.5) is 25.0 Å². The van der Waals surface area contributed by atoms with E-state index in [4.69, 9.17) is 0 Å². The molecule has 194 valence electrons. The van der Waals surface area contributed by atoms with Crippen LogP contribution in [-0.2, 0) is 25.2 Å². The number of benzene rings is 3. The number of fused-ring (bicyclic) bond motifs is 1. The Hall–Kier alpha value is -4.06. The van der Waals surface area contributed by atoms with E-state index >= 15 is 0 Å². The van der Waals surface area contributed by atoms with Crippen LogP contribution in [0.1, 0.15) is 25.8 Å². The predicted octanol–water partition coefficient (Wildman–Crippen LogP) is 3.68. The first kappa shape index (κ1) is 26.0. The molecule has 12 heteroatoms. The van der Waals surface area contributed by atoms with E-state index in [1.54, 1.807) is 19.1 Å². The molecule has 1 heterocycles. The van der Waals surface area contributed by atoms with Gasteiger partial charge in [-0.15, -0.1) is 0 Å². The van der Waals surface area contributed by atoms with Crippen LogP contribution in [0.25, 0.3) is 10.8 Å². The predicted molar refractivity (Wildman–Crippen MR) is 134 cm³/mol. The second-order valence-corrected chi connectivity index (χ2v) is 10.6. The van der Waals surface area contributed by atoms with E-state index < -0.39 is 63.0 Å². The maximum atomic E-state index is 14.3. The van der Waals surface area contributed by atoms with Gasteiger partial charge in [-0.2, -0.15) is 0 Å². The van der Waals surface area contributed by atoms with Crippen molar-refractivity contribution in [3.05, 3.63) is 71.8 Å². The highest BCUT2D eigenvalue weighted by atomic mass is 32.2. The van der Waals surface area contributed by atoms with Crippen LogP contribution < -0.4 is 15.4 Å². The van der Waals surface area contributed by atoms with E-state index in [0.29, 0.717) is 16.5 Å². The van der Waals surface area contributed by atoms with Gasteiger partial charge in [0.25, 0.3) is 5.91 Å². The van der Waals surface area contributed by atoms with Gasteiger partial charge in [-0.1, -0.05) is 43.3 Å². The second-order valence-electron chi connectivity index (χ2n) is 8.79. The number of carbonyl (C=O) groups is 3. The van der Waals surface area contributed by atoms with Crippen LogP contribution in [0.5, 0.6) is 0 Å². The average molecular weight is 531 g/mol. The van der Waals surface area contributed by atoms with E-state index in [9.17, 15) is 31.6 Å². The number of urea groups is 1. The Morgan fingerprint density at radius 3 is 2.38 bits per heavy atom. The molecule has 37 heavy (non-hydrogen) atoms. The zero-order chi connectivity index (χ0) is 27.0. The molecule has 4 amide bonds. The van der Waals surface area contributed by atoms with Crippen molar-refractivity contribution in [1.82, 2.24) is 10.2 Å². The van der Waals surface area contributed by atoms with Crippen LogP contribution in [0.3, 0.4) is 0 Å². The minimum atomic E-state index is -3.88. The average Bonchev–Trinajstić information content (AvgIpc) is 3.05. The summed E-state index contributed by atoms with van der Waals surface area (Å²) >= 11 is 0. The summed E-state index contributed by atoms with van der Waals surface area (Å²) in [6.07, 6.45) is 0.270. The molecule has 4 rings (SSSR count). The SMILES string of the molecule is CCCS(=O)(=O)Nc1cc(NC(=O)CN2C(=O)NC(C)(c3ccc4ccccc4c3)C2=O)c(F)cc1F. The zero-order valence-corrected chi connectivity index (χ0v) is 20.8. The number of anilines is 2. The van der Waals surface area contributed by atoms with Gasteiger partial charge >= 0.3 is 6.03 Å². The Morgan fingerprint density at radius 2 is 1.68 bits per heavy atom. The summed E-state index contributed by atoms with van der Waals surface area (Å²) in [5.74, 6) is -4.25. The minimum Gasteiger partial charge on any atom is -0.322 e. The normalized spacial score (nSPS) is 17.7. The Morgan fingerprint density at radius 1 is 1.00 bits per heavy atom. The molecule has 0 aliphatic carbocycles. The standard InChI is InChI=1S/C25H24F2N4O5S/c1-3-10-37(35,36)30-21-13-20(18(26)12-19(21)27)28-22(32)14-31-23(33)25(2,29-24(31)34)17-9-8-15-6-4-5-7-16(15)11-17/h4-9,11-13,30H,3,10,14H2,1-2H3,(H,28,32)(H,29,34). The van der Waals surface area contributed by atoms with Crippen molar-refractivity contribution in [3.63, 3.8) is 0 Å². The summed E-state index contributed by atoms with van der Waals surface area (Å²) in [6.45, 7) is 2.39. The van der Waals surface area contributed by atoms with Crippen molar-refractivity contribution >= 4 is 50.0 Å². The first-order valence-corrected chi connectivity index (χ1v) is 13.0. The molecule has 1 fully saturated rings. The molecule has 3 N–H and O–H groups in total. The quantitative estimate of drug-likeness (QED) is 0.383. The highest BCUT2D eigenvalue weighted by Gasteiger charge is 2.49. The number of hydrogen-bond acceptors (Lipinski definition) is 5. The first-order chi connectivity index (χ1) is 17.4. The van der Waals surface area contributed by atoms with E-state index in [1.807, 2.05) is 35.1 Å². The number of rotatable bonds is 8. The Bertz CT molecular complexity index is 1530. The number of halogens is 2. The molecule has 9 nitrogen and oxygen atoms in total. The molecule has 1 aliphatic rings. The van der Waals surface area contributed by atoms with E-state index in [0.717, 1.165) is 16.8 Å². The molecule has 3 aromatic rings. The molecule has 3 aromatic carbocycles. The number of amides is 4. The molecule has 1 aliphatic heterocycles. The lowest BCUT2D eigenvalue weighted by Gasteiger charge is -2.22.